The Morgan fingerprint density at radius 2 is 1.71 bits per heavy atom. The molecule has 2 aromatic rings. The summed E-state index contributed by atoms with van der Waals surface area (Å²) in [6.07, 6.45) is 0.509. The van der Waals surface area contributed by atoms with Crippen LogP contribution in [0.2, 0.25) is 0 Å². The lowest BCUT2D eigenvalue weighted by molar-refractivity contribution is -0.119. The van der Waals surface area contributed by atoms with Gasteiger partial charge in [0.1, 0.15) is 5.56 Å². The number of benzene rings is 2. The van der Waals surface area contributed by atoms with E-state index in [9.17, 15) is 14.4 Å². The molecule has 0 unspecified atom stereocenters. The number of esters is 1. The van der Waals surface area contributed by atoms with E-state index in [0.29, 0.717) is 17.9 Å². The van der Waals surface area contributed by atoms with Crippen molar-refractivity contribution in [1.29, 1.82) is 0 Å². The van der Waals surface area contributed by atoms with Crippen LogP contribution in [0.5, 0.6) is 11.5 Å². The Bertz CT molecular complexity index is 858. The molecule has 1 N–H and O–H groups in total. The number of carbonyl (C=O) groups excluding carboxylic acids is 3. The Balaban J connectivity index is 2.07. The van der Waals surface area contributed by atoms with E-state index in [-0.39, 0.29) is 22.6 Å². The molecular weight excluding hydrogens is 362 g/mol. The second kappa shape index (κ2) is 9.55. The van der Waals surface area contributed by atoms with Crippen molar-refractivity contribution in [3.8, 4) is 11.5 Å². The summed E-state index contributed by atoms with van der Waals surface area (Å²) in [5.41, 5.74) is 1.73. The Morgan fingerprint density at radius 3 is 2.25 bits per heavy atom. The number of methoxy groups -OCH3 is 2. The third-order valence-corrected chi connectivity index (χ3v) is 4.10. The lowest BCUT2D eigenvalue weighted by Crippen LogP contribution is -2.22. The predicted octanol–water partition coefficient (Wildman–Crippen LogP) is 3.44. The highest BCUT2D eigenvalue weighted by molar-refractivity contribution is 6.03. The van der Waals surface area contributed by atoms with Crippen molar-refractivity contribution >= 4 is 23.9 Å². The summed E-state index contributed by atoms with van der Waals surface area (Å²) in [4.78, 5) is 35.8. The molecule has 0 radical (unpaired) electrons. The van der Waals surface area contributed by atoms with Crippen LogP contribution in [0.4, 0.5) is 5.69 Å². The molecule has 0 heterocycles. The number of nitrogens with one attached hydrogen (secondary N) is 1. The van der Waals surface area contributed by atoms with Gasteiger partial charge in [-0.15, -0.1) is 0 Å². The third-order valence-electron chi connectivity index (χ3n) is 4.10. The number of carbonyl (C=O) groups is 3. The summed E-state index contributed by atoms with van der Waals surface area (Å²) >= 11 is 0. The van der Waals surface area contributed by atoms with E-state index in [1.807, 2.05) is 12.1 Å². The second-order valence-electron chi connectivity index (χ2n) is 6.28. The highest BCUT2D eigenvalue weighted by atomic mass is 16.5. The standard InChI is InChI=1S/C21H23NO6/c1-13(2)14-5-8-16(9-6-14)22-18(24)12-28-21(25)19-15(11-23)7-10-17(26-3)20(19)27-4/h5-11,13H,12H2,1-4H3,(H,22,24). The van der Waals surface area contributed by atoms with E-state index < -0.39 is 18.5 Å². The fourth-order valence-electron chi connectivity index (χ4n) is 2.60. The van der Waals surface area contributed by atoms with E-state index >= 15 is 0 Å². The summed E-state index contributed by atoms with van der Waals surface area (Å²) < 4.78 is 15.4. The van der Waals surface area contributed by atoms with E-state index in [1.165, 1.54) is 26.4 Å². The maximum absolute atomic E-state index is 12.5. The second-order valence-corrected chi connectivity index (χ2v) is 6.28. The Morgan fingerprint density at radius 1 is 1.04 bits per heavy atom. The first-order valence-corrected chi connectivity index (χ1v) is 8.68. The smallest absolute Gasteiger partial charge is 0.343 e. The molecule has 2 rings (SSSR count). The summed E-state index contributed by atoms with van der Waals surface area (Å²) in [6, 6.07) is 10.3. The molecule has 0 fully saturated rings. The van der Waals surface area contributed by atoms with Crippen molar-refractivity contribution in [3.05, 3.63) is 53.1 Å². The fourth-order valence-corrected chi connectivity index (χ4v) is 2.60. The quantitative estimate of drug-likeness (QED) is 0.553. The Labute approximate surface area is 163 Å². The molecule has 2 aromatic carbocycles. The summed E-state index contributed by atoms with van der Waals surface area (Å²) in [5, 5.41) is 2.65. The van der Waals surface area contributed by atoms with Crippen molar-refractivity contribution < 1.29 is 28.6 Å². The van der Waals surface area contributed by atoms with Gasteiger partial charge >= 0.3 is 5.97 Å². The minimum absolute atomic E-state index is 0.0711. The molecule has 7 heteroatoms. The average molecular weight is 385 g/mol. The van der Waals surface area contributed by atoms with E-state index in [2.05, 4.69) is 19.2 Å². The zero-order valence-corrected chi connectivity index (χ0v) is 16.3. The van der Waals surface area contributed by atoms with E-state index in [1.54, 1.807) is 12.1 Å². The molecule has 0 spiro atoms. The minimum Gasteiger partial charge on any atom is -0.493 e. The van der Waals surface area contributed by atoms with Gasteiger partial charge < -0.3 is 19.5 Å². The number of hydrogen-bond donors (Lipinski definition) is 1. The highest BCUT2D eigenvalue weighted by Crippen LogP contribution is 2.33. The van der Waals surface area contributed by atoms with Gasteiger partial charge in [-0.2, -0.15) is 0 Å². The number of hydrogen-bond acceptors (Lipinski definition) is 6. The molecule has 0 bridgehead atoms. The van der Waals surface area contributed by atoms with Gasteiger partial charge in [-0.1, -0.05) is 26.0 Å². The molecule has 0 aliphatic rings. The molecule has 0 atom stereocenters. The van der Waals surface area contributed by atoms with E-state index in [0.717, 1.165) is 5.56 Å². The molecule has 1 amide bonds. The van der Waals surface area contributed by atoms with Crippen LogP contribution in [0.1, 0.15) is 46.0 Å². The predicted molar refractivity (Wildman–Crippen MR) is 104 cm³/mol. The van der Waals surface area contributed by atoms with Crippen LogP contribution in [0.3, 0.4) is 0 Å². The fraction of sp³-hybridized carbons (Fsp3) is 0.286. The van der Waals surface area contributed by atoms with Gasteiger partial charge in [0.25, 0.3) is 5.91 Å². The monoisotopic (exact) mass is 385 g/mol. The average Bonchev–Trinajstić information content (AvgIpc) is 2.71. The Hall–Kier alpha value is -3.35. The van der Waals surface area contributed by atoms with Crippen LogP contribution in [0.15, 0.2) is 36.4 Å². The van der Waals surface area contributed by atoms with E-state index in [4.69, 9.17) is 14.2 Å². The van der Waals surface area contributed by atoms with Gasteiger partial charge in [-0.3, -0.25) is 9.59 Å². The van der Waals surface area contributed by atoms with Crippen molar-refractivity contribution in [1.82, 2.24) is 0 Å². The van der Waals surface area contributed by atoms with Gasteiger partial charge in [0.2, 0.25) is 0 Å². The minimum atomic E-state index is -0.858. The summed E-state index contributed by atoms with van der Waals surface area (Å²) in [6.45, 7) is 3.64. The van der Waals surface area contributed by atoms with Crippen molar-refractivity contribution in [2.24, 2.45) is 0 Å². The molecule has 0 saturated heterocycles. The molecule has 0 saturated carbocycles. The van der Waals surface area contributed by atoms with Gasteiger partial charge in [0, 0.05) is 11.3 Å². The number of ether oxygens (including phenoxy) is 3. The largest absolute Gasteiger partial charge is 0.493 e. The van der Waals surface area contributed by atoms with Crippen molar-refractivity contribution in [2.75, 3.05) is 26.1 Å². The number of rotatable bonds is 8. The number of aldehydes is 1. The topological polar surface area (TPSA) is 90.9 Å². The lowest BCUT2D eigenvalue weighted by Gasteiger charge is -2.14. The lowest BCUT2D eigenvalue weighted by atomic mass is 10.0. The van der Waals surface area contributed by atoms with Crippen LogP contribution in [0.25, 0.3) is 0 Å². The van der Waals surface area contributed by atoms with Crippen LogP contribution in [0, 0.1) is 0 Å². The first-order valence-electron chi connectivity index (χ1n) is 8.68. The van der Waals surface area contributed by atoms with Gasteiger partial charge in [0.15, 0.2) is 24.4 Å². The van der Waals surface area contributed by atoms with Crippen molar-refractivity contribution in [3.63, 3.8) is 0 Å². The van der Waals surface area contributed by atoms with Crippen LogP contribution < -0.4 is 14.8 Å². The molecule has 28 heavy (non-hydrogen) atoms. The van der Waals surface area contributed by atoms with Crippen molar-refractivity contribution in [2.45, 2.75) is 19.8 Å². The zero-order chi connectivity index (χ0) is 20.7. The SMILES string of the molecule is COc1ccc(C=O)c(C(=O)OCC(=O)Nc2ccc(C(C)C)cc2)c1OC. The first kappa shape index (κ1) is 21.0. The van der Waals surface area contributed by atoms with Gasteiger partial charge in [-0.05, 0) is 35.7 Å². The molecule has 7 nitrogen and oxygen atoms in total. The summed E-state index contributed by atoms with van der Waals surface area (Å²) in [5.74, 6) is -0.629. The normalized spacial score (nSPS) is 10.3. The maximum Gasteiger partial charge on any atom is 0.343 e. The van der Waals surface area contributed by atoms with Crippen LogP contribution >= 0.6 is 0 Å². The number of anilines is 1. The van der Waals surface area contributed by atoms with Gasteiger partial charge in [-0.25, -0.2) is 4.79 Å². The number of amides is 1. The first-order chi connectivity index (χ1) is 13.4. The maximum atomic E-state index is 12.5. The molecule has 148 valence electrons. The Kier molecular flexibility index (Phi) is 7.14. The molecule has 0 aliphatic carbocycles. The van der Waals surface area contributed by atoms with Crippen LogP contribution in [-0.4, -0.2) is 39.0 Å². The highest BCUT2D eigenvalue weighted by Gasteiger charge is 2.23. The summed E-state index contributed by atoms with van der Waals surface area (Å²) in [7, 11) is 2.75. The van der Waals surface area contributed by atoms with Gasteiger partial charge in [0.05, 0.1) is 14.2 Å². The molecule has 0 aromatic heterocycles. The van der Waals surface area contributed by atoms with Crippen LogP contribution in [-0.2, 0) is 9.53 Å². The third kappa shape index (κ3) is 4.88. The zero-order valence-electron chi connectivity index (χ0n) is 16.3. The molecule has 0 aliphatic heterocycles. The molecular formula is C21H23NO6.